The molecule has 7 nitrogen and oxygen atoms in total. The second kappa shape index (κ2) is 4.92. The highest BCUT2D eigenvalue weighted by Gasteiger charge is 2.10. The lowest BCUT2D eigenvalue weighted by molar-refractivity contribution is -0.384. The molecule has 0 saturated carbocycles. The van der Waals surface area contributed by atoms with Gasteiger partial charge in [0.05, 0.1) is 35.3 Å². The van der Waals surface area contributed by atoms with Gasteiger partial charge in [-0.15, -0.1) is 0 Å². The summed E-state index contributed by atoms with van der Waals surface area (Å²) in [6.07, 6.45) is 1.41. The van der Waals surface area contributed by atoms with Crippen LogP contribution in [0.4, 0.5) is 5.69 Å². The standard InChI is InChI=1S/C11H11N3O4/c1-18-5-4-13-7-12-10-3-2-8(14(16)17)6-9(10)11(13)15/h2-3,6-7H,4-5H2,1H3. The van der Waals surface area contributed by atoms with Gasteiger partial charge in [0.15, 0.2) is 0 Å². The van der Waals surface area contributed by atoms with E-state index in [2.05, 4.69) is 4.98 Å². The first-order chi connectivity index (χ1) is 8.63. The average Bonchev–Trinajstić information content (AvgIpc) is 2.37. The van der Waals surface area contributed by atoms with Gasteiger partial charge in [0.1, 0.15) is 0 Å². The van der Waals surface area contributed by atoms with E-state index in [0.717, 1.165) is 0 Å². The van der Waals surface area contributed by atoms with E-state index < -0.39 is 4.92 Å². The Kier molecular flexibility index (Phi) is 3.33. The number of rotatable bonds is 4. The van der Waals surface area contributed by atoms with Gasteiger partial charge in [0.2, 0.25) is 0 Å². The SMILES string of the molecule is COCCn1cnc2ccc([N+](=O)[O-])cc2c1=O. The molecule has 0 amide bonds. The topological polar surface area (TPSA) is 87.3 Å². The monoisotopic (exact) mass is 249 g/mol. The summed E-state index contributed by atoms with van der Waals surface area (Å²) in [5, 5.41) is 10.9. The van der Waals surface area contributed by atoms with E-state index in [9.17, 15) is 14.9 Å². The van der Waals surface area contributed by atoms with Gasteiger partial charge in [-0.3, -0.25) is 19.5 Å². The zero-order valence-corrected chi connectivity index (χ0v) is 9.70. The first-order valence-electron chi connectivity index (χ1n) is 5.26. The van der Waals surface area contributed by atoms with Crippen molar-refractivity contribution in [1.29, 1.82) is 0 Å². The Morgan fingerprint density at radius 2 is 2.28 bits per heavy atom. The van der Waals surface area contributed by atoms with Crippen molar-refractivity contribution in [2.45, 2.75) is 6.54 Å². The van der Waals surface area contributed by atoms with Gasteiger partial charge in [0.25, 0.3) is 11.2 Å². The first kappa shape index (κ1) is 12.2. The fourth-order valence-corrected chi connectivity index (χ4v) is 1.61. The molecule has 0 fully saturated rings. The number of ether oxygens (including phenoxy) is 1. The Morgan fingerprint density at radius 1 is 1.50 bits per heavy atom. The summed E-state index contributed by atoms with van der Waals surface area (Å²) < 4.78 is 6.25. The van der Waals surface area contributed by atoms with E-state index in [0.29, 0.717) is 18.7 Å². The number of nitro benzene ring substituents is 1. The summed E-state index contributed by atoms with van der Waals surface area (Å²) in [5.41, 5.74) is 0.0194. The number of aromatic nitrogens is 2. The molecule has 0 bridgehead atoms. The third-order valence-electron chi connectivity index (χ3n) is 2.55. The number of hydrogen-bond acceptors (Lipinski definition) is 5. The van der Waals surface area contributed by atoms with Gasteiger partial charge in [0, 0.05) is 19.2 Å². The summed E-state index contributed by atoms with van der Waals surface area (Å²) in [4.78, 5) is 26.3. The van der Waals surface area contributed by atoms with Crippen molar-refractivity contribution in [2.24, 2.45) is 0 Å². The molecule has 1 aromatic carbocycles. The number of non-ortho nitro benzene ring substituents is 1. The number of hydrogen-bond donors (Lipinski definition) is 0. The van der Waals surface area contributed by atoms with E-state index in [1.165, 1.54) is 36.2 Å². The summed E-state index contributed by atoms with van der Waals surface area (Å²) in [7, 11) is 1.53. The van der Waals surface area contributed by atoms with Gasteiger partial charge < -0.3 is 4.74 Å². The van der Waals surface area contributed by atoms with Crippen molar-refractivity contribution >= 4 is 16.6 Å². The molecule has 1 aromatic heterocycles. The zero-order chi connectivity index (χ0) is 13.1. The predicted molar refractivity (Wildman–Crippen MR) is 64.5 cm³/mol. The van der Waals surface area contributed by atoms with Crippen LogP contribution in [-0.4, -0.2) is 28.2 Å². The van der Waals surface area contributed by atoms with Crippen molar-refractivity contribution in [3.05, 3.63) is 45.0 Å². The maximum Gasteiger partial charge on any atom is 0.270 e. The second-order valence-electron chi connectivity index (χ2n) is 3.69. The molecule has 0 N–H and O–H groups in total. The van der Waals surface area contributed by atoms with Crippen LogP contribution in [-0.2, 0) is 11.3 Å². The molecule has 2 aromatic rings. The van der Waals surface area contributed by atoms with Crippen molar-refractivity contribution in [1.82, 2.24) is 9.55 Å². The maximum absolute atomic E-state index is 12.1. The molecule has 18 heavy (non-hydrogen) atoms. The van der Waals surface area contributed by atoms with Gasteiger partial charge in [-0.05, 0) is 6.07 Å². The summed E-state index contributed by atoms with van der Waals surface area (Å²) in [5.74, 6) is 0. The second-order valence-corrected chi connectivity index (χ2v) is 3.69. The fourth-order valence-electron chi connectivity index (χ4n) is 1.61. The van der Waals surface area contributed by atoms with E-state index in [1.54, 1.807) is 0 Å². The van der Waals surface area contributed by atoms with Gasteiger partial charge in [-0.1, -0.05) is 0 Å². The van der Waals surface area contributed by atoms with Crippen LogP contribution in [0.15, 0.2) is 29.3 Å². The highest BCUT2D eigenvalue weighted by atomic mass is 16.6. The minimum atomic E-state index is -0.536. The van der Waals surface area contributed by atoms with Gasteiger partial charge >= 0.3 is 0 Å². The minimum absolute atomic E-state index is 0.120. The first-order valence-corrected chi connectivity index (χ1v) is 5.26. The molecular formula is C11H11N3O4. The van der Waals surface area contributed by atoms with Crippen LogP contribution < -0.4 is 5.56 Å². The van der Waals surface area contributed by atoms with E-state index in [1.807, 2.05) is 0 Å². The van der Waals surface area contributed by atoms with Crippen molar-refractivity contribution in [2.75, 3.05) is 13.7 Å². The molecule has 0 aliphatic heterocycles. The summed E-state index contributed by atoms with van der Waals surface area (Å²) in [6.45, 7) is 0.739. The minimum Gasteiger partial charge on any atom is -0.383 e. The third-order valence-corrected chi connectivity index (χ3v) is 2.55. The Labute approximate surface area is 102 Å². The molecule has 7 heteroatoms. The molecule has 0 saturated heterocycles. The van der Waals surface area contributed by atoms with E-state index in [-0.39, 0.29) is 16.6 Å². The largest absolute Gasteiger partial charge is 0.383 e. The maximum atomic E-state index is 12.1. The Morgan fingerprint density at radius 3 is 2.94 bits per heavy atom. The van der Waals surface area contributed by atoms with Crippen LogP contribution in [0.25, 0.3) is 10.9 Å². The highest BCUT2D eigenvalue weighted by Crippen LogP contribution is 2.15. The molecule has 0 radical (unpaired) electrons. The Balaban J connectivity index is 2.57. The van der Waals surface area contributed by atoms with Crippen LogP contribution in [0, 0.1) is 10.1 Å². The van der Waals surface area contributed by atoms with Crippen LogP contribution in [0.5, 0.6) is 0 Å². The lowest BCUT2D eigenvalue weighted by Gasteiger charge is -2.05. The third kappa shape index (κ3) is 2.21. The van der Waals surface area contributed by atoms with E-state index >= 15 is 0 Å². The van der Waals surface area contributed by atoms with Crippen molar-refractivity contribution in [3.8, 4) is 0 Å². The number of benzene rings is 1. The predicted octanol–water partition coefficient (Wildman–Crippen LogP) is 0.951. The zero-order valence-electron chi connectivity index (χ0n) is 9.70. The number of fused-ring (bicyclic) bond motifs is 1. The Hall–Kier alpha value is -2.28. The Bertz CT molecular complexity index is 650. The summed E-state index contributed by atoms with van der Waals surface area (Å²) in [6, 6.07) is 4.04. The molecule has 0 spiro atoms. The molecular weight excluding hydrogens is 238 g/mol. The lowest BCUT2D eigenvalue weighted by Crippen LogP contribution is -2.22. The van der Waals surface area contributed by atoms with Crippen molar-refractivity contribution in [3.63, 3.8) is 0 Å². The average molecular weight is 249 g/mol. The smallest absolute Gasteiger partial charge is 0.270 e. The molecule has 94 valence electrons. The van der Waals surface area contributed by atoms with Crippen molar-refractivity contribution < 1.29 is 9.66 Å². The molecule has 1 heterocycles. The van der Waals surface area contributed by atoms with Crippen LogP contribution in [0.2, 0.25) is 0 Å². The van der Waals surface area contributed by atoms with E-state index in [4.69, 9.17) is 4.74 Å². The fraction of sp³-hybridized carbons (Fsp3) is 0.273. The summed E-state index contributed by atoms with van der Waals surface area (Å²) >= 11 is 0. The number of methoxy groups -OCH3 is 1. The molecule has 0 aliphatic rings. The van der Waals surface area contributed by atoms with Crippen LogP contribution >= 0.6 is 0 Å². The molecule has 0 aliphatic carbocycles. The van der Waals surface area contributed by atoms with Gasteiger partial charge in [-0.2, -0.15) is 0 Å². The number of nitro groups is 1. The molecule has 0 atom stereocenters. The highest BCUT2D eigenvalue weighted by molar-refractivity contribution is 5.79. The van der Waals surface area contributed by atoms with Crippen LogP contribution in [0.3, 0.4) is 0 Å². The van der Waals surface area contributed by atoms with Crippen LogP contribution in [0.1, 0.15) is 0 Å². The quantitative estimate of drug-likeness (QED) is 0.594. The number of nitrogens with zero attached hydrogens (tertiary/aromatic N) is 3. The lowest BCUT2D eigenvalue weighted by atomic mass is 10.2. The normalized spacial score (nSPS) is 10.7. The molecule has 2 rings (SSSR count). The molecule has 0 unspecified atom stereocenters. The van der Waals surface area contributed by atoms with Gasteiger partial charge in [-0.25, -0.2) is 4.98 Å².